The number of anilines is 1. The summed E-state index contributed by atoms with van der Waals surface area (Å²) in [5, 5.41) is 11.9. The van der Waals surface area contributed by atoms with E-state index in [0.29, 0.717) is 24.4 Å². The van der Waals surface area contributed by atoms with Crippen molar-refractivity contribution in [2.45, 2.75) is 18.9 Å². The van der Waals surface area contributed by atoms with E-state index >= 15 is 0 Å². The molecule has 1 N–H and O–H groups in total. The first kappa shape index (κ1) is 16.7. The second-order valence-corrected chi connectivity index (χ2v) is 6.31. The van der Waals surface area contributed by atoms with Crippen LogP contribution < -0.4 is 9.64 Å². The topological polar surface area (TPSA) is 97.4 Å². The molecule has 5 heterocycles. The number of nitrogens with one attached hydrogen (secondary N) is 1. The van der Waals surface area contributed by atoms with Gasteiger partial charge in [-0.25, -0.2) is 9.50 Å². The van der Waals surface area contributed by atoms with E-state index in [1.807, 2.05) is 24.4 Å². The highest BCUT2D eigenvalue weighted by Crippen LogP contribution is 2.37. The maximum absolute atomic E-state index is 12.9. The lowest BCUT2D eigenvalue weighted by molar-refractivity contribution is 0.115. The molecule has 4 aromatic rings. The molecule has 0 bridgehead atoms. The van der Waals surface area contributed by atoms with Crippen molar-refractivity contribution in [1.29, 1.82) is 0 Å². The van der Waals surface area contributed by atoms with Gasteiger partial charge in [0.2, 0.25) is 0 Å². The number of aromatic nitrogens is 6. The summed E-state index contributed by atoms with van der Waals surface area (Å²) >= 11 is 0. The minimum atomic E-state index is -2.83. The molecule has 0 unspecified atom stereocenters. The molecule has 4 aromatic heterocycles. The van der Waals surface area contributed by atoms with Crippen LogP contribution in [-0.4, -0.2) is 43.4 Å². The Morgan fingerprint density at radius 2 is 2.25 bits per heavy atom. The first-order valence-electron chi connectivity index (χ1n) is 8.58. The maximum atomic E-state index is 12.9. The summed E-state index contributed by atoms with van der Waals surface area (Å²) in [6, 6.07) is 5.09. The molecule has 5 rings (SSSR count). The molecule has 11 heteroatoms. The fourth-order valence-corrected chi connectivity index (χ4v) is 3.53. The number of nitrogens with zero attached hydrogens (tertiary/aromatic N) is 6. The smallest absolute Gasteiger partial charge is 0.319 e. The number of ether oxygens (including phenoxy) is 1. The number of H-pyrrole nitrogens is 1. The van der Waals surface area contributed by atoms with Gasteiger partial charge >= 0.3 is 12.4 Å². The first-order valence-corrected chi connectivity index (χ1v) is 8.58. The third-order valence-corrected chi connectivity index (χ3v) is 4.77. The fourth-order valence-electron chi connectivity index (χ4n) is 3.53. The molecule has 28 heavy (non-hydrogen) atoms. The fraction of sp³-hybridized carbons (Fsp3) is 0.294. The highest BCUT2D eigenvalue weighted by molar-refractivity contribution is 5.61. The molecule has 1 atom stereocenters. The van der Waals surface area contributed by atoms with Crippen LogP contribution in [0.5, 0.6) is 5.75 Å². The Bertz CT molecular complexity index is 1140. The van der Waals surface area contributed by atoms with Crippen LogP contribution in [0.4, 0.5) is 14.8 Å². The molecule has 144 valence electrons. The number of fused-ring (bicyclic) bond motifs is 2. The summed E-state index contributed by atoms with van der Waals surface area (Å²) in [5.74, 6) is -0.0399. The Kier molecular flexibility index (Phi) is 3.74. The van der Waals surface area contributed by atoms with Gasteiger partial charge in [-0.2, -0.15) is 13.9 Å². The predicted octanol–water partition coefficient (Wildman–Crippen LogP) is 2.54. The standard InChI is InChI=1S/C17H15F2N7O2/c1-27-12-3-2-5-26-11(12)7-10(24-26)14-13-9(20-8-21-13)4-6-25(14)17-23-22-16(28-17)15(18)19/h2-3,5,7-8,14-15H,4,6H2,1H3,(H,20,21)/t14-/m0/s1. The van der Waals surface area contributed by atoms with Crippen molar-refractivity contribution < 1.29 is 17.9 Å². The summed E-state index contributed by atoms with van der Waals surface area (Å²) in [6.45, 7) is 0.482. The summed E-state index contributed by atoms with van der Waals surface area (Å²) in [4.78, 5) is 9.30. The quantitative estimate of drug-likeness (QED) is 0.575. The highest BCUT2D eigenvalue weighted by Gasteiger charge is 2.36. The number of hydrogen-bond acceptors (Lipinski definition) is 7. The van der Waals surface area contributed by atoms with E-state index in [1.165, 1.54) is 0 Å². The largest absolute Gasteiger partial charge is 0.494 e. The van der Waals surface area contributed by atoms with E-state index < -0.39 is 18.4 Å². The minimum absolute atomic E-state index is 0.0120. The van der Waals surface area contributed by atoms with Gasteiger partial charge in [-0.3, -0.25) is 0 Å². The Hall–Kier alpha value is -3.50. The summed E-state index contributed by atoms with van der Waals surface area (Å²) in [5.41, 5.74) is 3.14. The molecule has 0 radical (unpaired) electrons. The zero-order valence-corrected chi connectivity index (χ0v) is 14.7. The Morgan fingerprint density at radius 3 is 3.04 bits per heavy atom. The maximum Gasteiger partial charge on any atom is 0.319 e. The molecule has 1 aliphatic rings. The van der Waals surface area contributed by atoms with Gasteiger partial charge in [-0.1, -0.05) is 5.10 Å². The van der Waals surface area contributed by atoms with Gasteiger partial charge in [0.25, 0.3) is 5.89 Å². The molecule has 0 amide bonds. The lowest BCUT2D eigenvalue weighted by Crippen LogP contribution is -2.36. The second kappa shape index (κ2) is 6.29. The average Bonchev–Trinajstić information content (AvgIpc) is 3.44. The Balaban J connectivity index is 1.64. The van der Waals surface area contributed by atoms with Crippen molar-refractivity contribution in [2.75, 3.05) is 18.6 Å². The van der Waals surface area contributed by atoms with Crippen LogP contribution in [0, 0.1) is 0 Å². The lowest BCUT2D eigenvalue weighted by atomic mass is 10.0. The number of imidazole rings is 1. The van der Waals surface area contributed by atoms with Crippen molar-refractivity contribution in [3.8, 4) is 5.75 Å². The van der Waals surface area contributed by atoms with Gasteiger partial charge in [-0.15, -0.1) is 5.10 Å². The van der Waals surface area contributed by atoms with Crippen molar-refractivity contribution in [3.05, 3.63) is 53.7 Å². The van der Waals surface area contributed by atoms with E-state index in [4.69, 9.17) is 9.15 Å². The number of alkyl halides is 2. The molecule has 0 aliphatic carbocycles. The van der Waals surface area contributed by atoms with E-state index in [0.717, 1.165) is 16.9 Å². The number of pyridine rings is 1. The van der Waals surface area contributed by atoms with Crippen LogP contribution >= 0.6 is 0 Å². The van der Waals surface area contributed by atoms with Crippen LogP contribution in [0.1, 0.15) is 35.4 Å². The zero-order chi connectivity index (χ0) is 19.3. The molecule has 0 fully saturated rings. The first-order chi connectivity index (χ1) is 13.7. The molecule has 0 saturated heterocycles. The Morgan fingerprint density at radius 1 is 1.36 bits per heavy atom. The third kappa shape index (κ3) is 2.50. The van der Waals surface area contributed by atoms with Crippen LogP contribution in [-0.2, 0) is 6.42 Å². The molecule has 9 nitrogen and oxygen atoms in total. The van der Waals surface area contributed by atoms with Crippen LogP contribution in [0.15, 0.2) is 35.1 Å². The highest BCUT2D eigenvalue weighted by atomic mass is 19.3. The number of methoxy groups -OCH3 is 1. The molecule has 0 aromatic carbocycles. The van der Waals surface area contributed by atoms with Crippen molar-refractivity contribution in [2.24, 2.45) is 0 Å². The molecule has 0 saturated carbocycles. The normalized spacial score (nSPS) is 16.7. The van der Waals surface area contributed by atoms with Crippen molar-refractivity contribution >= 4 is 11.5 Å². The summed E-state index contributed by atoms with van der Waals surface area (Å²) < 4.78 is 38.1. The van der Waals surface area contributed by atoms with E-state index in [1.54, 1.807) is 22.9 Å². The SMILES string of the molecule is COc1cccn2nc([C@H]3c4nc[nH]c4CCN3c3nnc(C(F)F)o3)cc12. The number of halogens is 2. The van der Waals surface area contributed by atoms with Gasteiger partial charge in [0.1, 0.15) is 17.3 Å². The van der Waals surface area contributed by atoms with Gasteiger partial charge < -0.3 is 19.0 Å². The van der Waals surface area contributed by atoms with Crippen LogP contribution in [0.25, 0.3) is 5.52 Å². The number of rotatable bonds is 4. The van der Waals surface area contributed by atoms with Gasteiger partial charge in [-0.05, 0) is 18.2 Å². The van der Waals surface area contributed by atoms with Gasteiger partial charge in [0.15, 0.2) is 0 Å². The molecular weight excluding hydrogens is 372 g/mol. The Labute approximate surface area is 157 Å². The summed E-state index contributed by atoms with van der Waals surface area (Å²) in [6.07, 6.45) is 1.22. The number of hydrogen-bond donors (Lipinski definition) is 1. The molecular formula is C17H15F2N7O2. The van der Waals surface area contributed by atoms with Crippen LogP contribution in [0.2, 0.25) is 0 Å². The molecule has 0 spiro atoms. The van der Waals surface area contributed by atoms with Crippen molar-refractivity contribution in [1.82, 2.24) is 29.8 Å². The zero-order valence-electron chi connectivity index (χ0n) is 14.7. The predicted molar refractivity (Wildman–Crippen MR) is 92.5 cm³/mol. The van der Waals surface area contributed by atoms with E-state index in [9.17, 15) is 8.78 Å². The second-order valence-electron chi connectivity index (χ2n) is 6.31. The lowest BCUT2D eigenvalue weighted by Gasteiger charge is -2.32. The van der Waals surface area contributed by atoms with Crippen LogP contribution in [0.3, 0.4) is 0 Å². The summed E-state index contributed by atoms with van der Waals surface area (Å²) in [7, 11) is 1.59. The van der Waals surface area contributed by atoms with Gasteiger partial charge in [0, 0.05) is 24.9 Å². The van der Waals surface area contributed by atoms with E-state index in [-0.39, 0.29) is 6.01 Å². The van der Waals surface area contributed by atoms with Gasteiger partial charge in [0.05, 0.1) is 24.8 Å². The molecule has 1 aliphatic heterocycles. The number of aromatic amines is 1. The van der Waals surface area contributed by atoms with Crippen molar-refractivity contribution in [3.63, 3.8) is 0 Å². The van der Waals surface area contributed by atoms with E-state index in [2.05, 4.69) is 25.3 Å². The monoisotopic (exact) mass is 387 g/mol. The minimum Gasteiger partial charge on any atom is -0.494 e. The third-order valence-electron chi connectivity index (χ3n) is 4.77. The average molecular weight is 387 g/mol.